The van der Waals surface area contributed by atoms with Crippen molar-refractivity contribution in [1.82, 2.24) is 0 Å². The molecule has 11 aromatic rings. The third-order valence-electron chi connectivity index (χ3n) is 17.7. The van der Waals surface area contributed by atoms with Crippen LogP contribution in [-0.4, -0.2) is 0 Å². The molecule has 0 amide bonds. The second-order valence-electron chi connectivity index (χ2n) is 21.7. The van der Waals surface area contributed by atoms with Crippen molar-refractivity contribution in [3.05, 3.63) is 270 Å². The summed E-state index contributed by atoms with van der Waals surface area (Å²) in [5.74, 6) is 0. The van der Waals surface area contributed by atoms with Gasteiger partial charge in [0.2, 0.25) is 0 Å². The van der Waals surface area contributed by atoms with E-state index in [4.69, 9.17) is 4.42 Å². The van der Waals surface area contributed by atoms with Crippen LogP contribution in [0.25, 0.3) is 66.4 Å². The number of fused-ring (bicyclic) bond motifs is 7. The van der Waals surface area contributed by atoms with E-state index in [0.29, 0.717) is 0 Å². The quantitative estimate of drug-likeness (QED) is 0.151. The maximum Gasteiger partial charge on any atom is 0.137 e. The molecule has 348 valence electrons. The van der Waals surface area contributed by atoms with Crippen LogP contribution in [0.15, 0.2) is 241 Å². The Morgan fingerprint density at radius 1 is 0.319 bits per heavy atom. The first-order valence-electron chi connectivity index (χ1n) is 25.5. The fourth-order valence-corrected chi connectivity index (χ4v) is 12.7. The van der Waals surface area contributed by atoms with Gasteiger partial charge in [-0.15, -0.1) is 0 Å². The van der Waals surface area contributed by atoms with Crippen molar-refractivity contribution in [3.63, 3.8) is 0 Å². The van der Waals surface area contributed by atoms with Crippen molar-refractivity contribution in [1.29, 1.82) is 0 Å². The molecular weight excluding hydrogens is 871 g/mol. The molecule has 2 heteroatoms. The van der Waals surface area contributed by atoms with E-state index in [2.05, 4.69) is 271 Å². The van der Waals surface area contributed by atoms with Crippen LogP contribution >= 0.6 is 0 Å². The number of rotatable bonds is 8. The fourth-order valence-electron chi connectivity index (χ4n) is 12.7. The summed E-state index contributed by atoms with van der Waals surface area (Å²) in [5.41, 5.74) is 22.2. The molecule has 1 heterocycles. The number of para-hydroxylation sites is 1. The van der Waals surface area contributed by atoms with Gasteiger partial charge in [0.15, 0.2) is 0 Å². The van der Waals surface area contributed by atoms with Crippen LogP contribution in [0.3, 0.4) is 0 Å². The average molecular weight is 928 g/mol. The summed E-state index contributed by atoms with van der Waals surface area (Å²) in [4.78, 5) is 2.35. The Bertz CT molecular complexity index is 3820. The smallest absolute Gasteiger partial charge is 0.137 e. The van der Waals surface area contributed by atoms with Crippen molar-refractivity contribution < 1.29 is 4.42 Å². The molecule has 72 heavy (non-hydrogen) atoms. The zero-order chi connectivity index (χ0) is 49.0. The third-order valence-corrected chi connectivity index (χ3v) is 17.7. The Hall–Kier alpha value is -8.20. The minimum Gasteiger partial charge on any atom is -0.456 e. The Morgan fingerprint density at radius 3 is 1.49 bits per heavy atom. The second kappa shape index (κ2) is 16.2. The molecule has 2 nitrogen and oxygen atoms in total. The molecule has 0 radical (unpaired) electrons. The Morgan fingerprint density at radius 2 is 0.819 bits per heavy atom. The van der Waals surface area contributed by atoms with Crippen LogP contribution in [0.5, 0.6) is 0 Å². The van der Waals surface area contributed by atoms with E-state index < -0.39 is 5.41 Å². The maximum absolute atomic E-state index is 6.49. The molecule has 2 aliphatic carbocycles. The van der Waals surface area contributed by atoms with Crippen LogP contribution in [0.4, 0.5) is 17.1 Å². The number of benzene rings is 10. The van der Waals surface area contributed by atoms with Crippen molar-refractivity contribution in [2.45, 2.75) is 57.8 Å². The predicted octanol–water partition coefficient (Wildman–Crippen LogP) is 19.0. The first-order chi connectivity index (χ1) is 35.0. The lowest BCUT2D eigenvalue weighted by molar-refractivity contribution is 0.125. The largest absolute Gasteiger partial charge is 0.456 e. The molecule has 0 saturated heterocycles. The van der Waals surface area contributed by atoms with E-state index in [1.165, 1.54) is 72.3 Å². The van der Waals surface area contributed by atoms with Crippen LogP contribution in [0.1, 0.15) is 74.9 Å². The lowest BCUT2D eigenvalue weighted by Gasteiger charge is -2.44. The SMILES string of the molecule is CC1(C)c2ccc(-c3cc(-c4ccc(N(c5ccc(-c6ccccc6)cc5)c5ccc6c(c5)oc5ccccc56)cc4)cc4c3-c3ccccc3C4(c3ccccc3)c3ccccc3)cc2C(C)(C)C1(C)C. The molecule has 0 saturated carbocycles. The molecular formula is C70H57NO. The van der Waals surface area contributed by atoms with Gasteiger partial charge in [0.25, 0.3) is 0 Å². The summed E-state index contributed by atoms with van der Waals surface area (Å²) in [7, 11) is 0. The average Bonchev–Trinajstić information content (AvgIpc) is 3.98. The number of nitrogens with zero attached hydrogens (tertiary/aromatic N) is 1. The summed E-state index contributed by atoms with van der Waals surface area (Å²) in [6.45, 7) is 14.7. The fraction of sp³-hybridized carbons (Fsp3) is 0.143. The van der Waals surface area contributed by atoms with Gasteiger partial charge in [-0.3, -0.25) is 0 Å². The zero-order valence-electron chi connectivity index (χ0n) is 41.9. The van der Waals surface area contributed by atoms with E-state index in [1.807, 2.05) is 12.1 Å². The van der Waals surface area contributed by atoms with Gasteiger partial charge in [0, 0.05) is 33.9 Å². The third kappa shape index (κ3) is 6.34. The van der Waals surface area contributed by atoms with Crippen LogP contribution < -0.4 is 4.90 Å². The predicted molar refractivity (Wildman–Crippen MR) is 302 cm³/mol. The van der Waals surface area contributed by atoms with E-state index in [0.717, 1.165) is 44.6 Å². The number of anilines is 3. The molecule has 0 fully saturated rings. The molecule has 2 aliphatic rings. The summed E-state index contributed by atoms with van der Waals surface area (Å²) in [6.07, 6.45) is 0. The van der Waals surface area contributed by atoms with E-state index in [9.17, 15) is 0 Å². The van der Waals surface area contributed by atoms with E-state index in [-0.39, 0.29) is 16.2 Å². The standard InChI is InChI=1S/C70H57NO/c1-67(2)61-41-34-49(43-62(61)68(3,4)69(67,5)6)59-42-50(44-63-66(59)58-27-16-18-28-60(58)70(63,51-22-12-8-13-23-51)52-24-14-9-15-25-52)48-32-37-54(38-33-48)71(53-35-30-47(31-36-53)46-20-10-7-11-21-46)55-39-40-57-56-26-17-19-29-64(56)72-65(57)45-55/h7-45H,1-6H3. The lowest BCUT2D eigenvalue weighted by atomic mass is 9.59. The molecule has 10 aromatic carbocycles. The van der Waals surface area contributed by atoms with Crippen LogP contribution in [0, 0.1) is 5.41 Å². The highest BCUT2D eigenvalue weighted by Crippen LogP contribution is 2.63. The van der Waals surface area contributed by atoms with E-state index in [1.54, 1.807) is 0 Å². The Balaban J connectivity index is 1.02. The second-order valence-corrected chi connectivity index (χ2v) is 21.7. The van der Waals surface area contributed by atoms with Gasteiger partial charge >= 0.3 is 0 Å². The minimum absolute atomic E-state index is 0.00785. The van der Waals surface area contributed by atoms with Gasteiger partial charge in [-0.05, 0) is 149 Å². The Kier molecular flexibility index (Phi) is 9.83. The van der Waals surface area contributed by atoms with Gasteiger partial charge in [0.1, 0.15) is 11.2 Å². The number of hydrogen-bond acceptors (Lipinski definition) is 2. The van der Waals surface area contributed by atoms with Crippen LogP contribution in [0.2, 0.25) is 0 Å². The molecule has 0 unspecified atom stereocenters. The summed E-state index contributed by atoms with van der Waals surface area (Å²) >= 11 is 0. The number of furan rings is 1. The van der Waals surface area contributed by atoms with Gasteiger partial charge in [-0.1, -0.05) is 217 Å². The molecule has 0 N–H and O–H groups in total. The number of hydrogen-bond donors (Lipinski definition) is 0. The van der Waals surface area contributed by atoms with Crippen molar-refractivity contribution in [2.24, 2.45) is 5.41 Å². The highest BCUT2D eigenvalue weighted by Gasteiger charge is 2.57. The summed E-state index contributed by atoms with van der Waals surface area (Å²) in [5, 5.41) is 2.24. The first-order valence-corrected chi connectivity index (χ1v) is 25.5. The maximum atomic E-state index is 6.49. The van der Waals surface area contributed by atoms with Crippen molar-refractivity contribution >= 4 is 39.0 Å². The topological polar surface area (TPSA) is 16.4 Å². The molecule has 0 spiro atoms. The lowest BCUT2D eigenvalue weighted by Crippen LogP contribution is -2.42. The molecule has 0 bridgehead atoms. The van der Waals surface area contributed by atoms with Gasteiger partial charge in [-0.2, -0.15) is 0 Å². The van der Waals surface area contributed by atoms with Crippen LogP contribution in [-0.2, 0) is 16.2 Å². The van der Waals surface area contributed by atoms with Gasteiger partial charge in [0.05, 0.1) is 5.41 Å². The van der Waals surface area contributed by atoms with Crippen molar-refractivity contribution in [2.75, 3.05) is 4.90 Å². The zero-order valence-corrected chi connectivity index (χ0v) is 41.9. The van der Waals surface area contributed by atoms with Gasteiger partial charge < -0.3 is 9.32 Å². The minimum atomic E-state index is -0.558. The Labute approximate surface area is 423 Å². The summed E-state index contributed by atoms with van der Waals surface area (Å²) in [6, 6.07) is 87.5. The molecule has 13 rings (SSSR count). The van der Waals surface area contributed by atoms with E-state index >= 15 is 0 Å². The monoisotopic (exact) mass is 927 g/mol. The summed E-state index contributed by atoms with van der Waals surface area (Å²) < 4.78 is 6.49. The highest BCUT2D eigenvalue weighted by atomic mass is 16.3. The van der Waals surface area contributed by atoms with Crippen molar-refractivity contribution in [3.8, 4) is 44.5 Å². The molecule has 0 aliphatic heterocycles. The molecule has 1 aromatic heterocycles. The normalized spacial score (nSPS) is 15.5. The van der Waals surface area contributed by atoms with Gasteiger partial charge in [-0.25, -0.2) is 0 Å². The highest BCUT2D eigenvalue weighted by molar-refractivity contribution is 6.06. The molecule has 0 atom stereocenters. The first kappa shape index (κ1) is 43.8.